The first-order valence-corrected chi connectivity index (χ1v) is 7.76. The van der Waals surface area contributed by atoms with E-state index in [2.05, 4.69) is 4.98 Å². The first-order valence-electron chi connectivity index (χ1n) is 6.94. The van der Waals surface area contributed by atoms with Crippen LogP contribution in [0.1, 0.15) is 28.3 Å². The van der Waals surface area contributed by atoms with Gasteiger partial charge in [0.2, 0.25) is 0 Å². The van der Waals surface area contributed by atoms with Gasteiger partial charge in [-0.1, -0.05) is 12.1 Å². The minimum Gasteiger partial charge on any atom is -0.333 e. The van der Waals surface area contributed by atoms with Crippen LogP contribution in [0, 0.1) is 5.82 Å². The molecule has 5 heteroatoms. The van der Waals surface area contributed by atoms with Crippen molar-refractivity contribution < 1.29 is 9.18 Å². The number of hydrogen-bond acceptors (Lipinski definition) is 3. The van der Waals surface area contributed by atoms with Gasteiger partial charge in [-0.05, 0) is 43.3 Å². The molecule has 112 valence electrons. The number of nitrogens with zero attached hydrogens (tertiary/aromatic N) is 2. The van der Waals surface area contributed by atoms with E-state index in [-0.39, 0.29) is 17.8 Å². The highest BCUT2D eigenvalue weighted by Gasteiger charge is 2.21. The van der Waals surface area contributed by atoms with E-state index in [0.29, 0.717) is 5.56 Å². The van der Waals surface area contributed by atoms with Gasteiger partial charge < -0.3 is 4.90 Å². The van der Waals surface area contributed by atoms with Crippen LogP contribution in [0.2, 0.25) is 0 Å². The average Bonchev–Trinajstić information content (AvgIpc) is 2.97. The zero-order valence-electron chi connectivity index (χ0n) is 12.3. The van der Waals surface area contributed by atoms with Gasteiger partial charge in [-0.15, -0.1) is 11.3 Å². The first-order chi connectivity index (χ1) is 10.6. The van der Waals surface area contributed by atoms with Crippen molar-refractivity contribution in [2.24, 2.45) is 0 Å². The van der Waals surface area contributed by atoms with Crippen molar-refractivity contribution in [3.8, 4) is 0 Å². The normalized spacial score (nSPS) is 12.3. The van der Waals surface area contributed by atoms with Gasteiger partial charge in [0.1, 0.15) is 10.8 Å². The number of rotatable bonds is 3. The minimum absolute atomic E-state index is 0.144. The summed E-state index contributed by atoms with van der Waals surface area (Å²) in [4.78, 5) is 18.7. The van der Waals surface area contributed by atoms with Gasteiger partial charge in [0.15, 0.2) is 0 Å². The number of fused-ring (bicyclic) bond motifs is 1. The largest absolute Gasteiger partial charge is 0.333 e. The van der Waals surface area contributed by atoms with Gasteiger partial charge >= 0.3 is 0 Å². The fraction of sp³-hybridized carbons (Fsp3) is 0.176. The second-order valence-electron chi connectivity index (χ2n) is 5.12. The van der Waals surface area contributed by atoms with Crippen molar-refractivity contribution in [2.75, 3.05) is 7.05 Å². The number of thiazole rings is 1. The van der Waals surface area contributed by atoms with Gasteiger partial charge in [-0.25, -0.2) is 9.37 Å². The van der Waals surface area contributed by atoms with Crippen molar-refractivity contribution in [3.05, 3.63) is 64.9 Å². The van der Waals surface area contributed by atoms with Gasteiger partial charge in [0.25, 0.3) is 5.91 Å². The molecule has 0 saturated carbocycles. The molecule has 1 atom stereocenters. The van der Waals surface area contributed by atoms with Gasteiger partial charge in [0, 0.05) is 12.6 Å². The van der Waals surface area contributed by atoms with E-state index >= 15 is 0 Å². The van der Waals surface area contributed by atoms with Crippen molar-refractivity contribution in [1.29, 1.82) is 0 Å². The predicted octanol–water partition coefficient (Wildman–Crippen LogP) is 4.27. The predicted molar refractivity (Wildman–Crippen MR) is 86.5 cm³/mol. The van der Waals surface area contributed by atoms with Crippen LogP contribution in [-0.2, 0) is 0 Å². The molecule has 1 amide bonds. The number of para-hydroxylation sites is 1. The molecule has 3 aromatic rings. The second-order valence-corrected chi connectivity index (χ2v) is 6.18. The molecule has 0 radical (unpaired) electrons. The fourth-order valence-electron chi connectivity index (χ4n) is 2.21. The van der Waals surface area contributed by atoms with Crippen LogP contribution in [0.15, 0.2) is 48.5 Å². The highest BCUT2D eigenvalue weighted by molar-refractivity contribution is 7.18. The molecular formula is C17H15FN2OS. The average molecular weight is 314 g/mol. The molecule has 3 nitrogen and oxygen atoms in total. The highest BCUT2D eigenvalue weighted by Crippen LogP contribution is 2.29. The van der Waals surface area contributed by atoms with Crippen molar-refractivity contribution in [3.63, 3.8) is 0 Å². The zero-order chi connectivity index (χ0) is 15.7. The van der Waals surface area contributed by atoms with E-state index in [9.17, 15) is 9.18 Å². The Kier molecular flexibility index (Phi) is 3.90. The number of carbonyl (C=O) groups is 1. The van der Waals surface area contributed by atoms with Crippen LogP contribution in [-0.4, -0.2) is 22.8 Å². The number of benzene rings is 2. The lowest BCUT2D eigenvalue weighted by atomic mass is 10.2. The van der Waals surface area contributed by atoms with Crippen LogP contribution < -0.4 is 0 Å². The van der Waals surface area contributed by atoms with Crippen LogP contribution in [0.5, 0.6) is 0 Å². The molecule has 0 N–H and O–H groups in total. The van der Waals surface area contributed by atoms with Crippen molar-refractivity contribution in [2.45, 2.75) is 13.0 Å². The molecule has 1 aromatic heterocycles. The second kappa shape index (κ2) is 5.85. The maximum Gasteiger partial charge on any atom is 0.254 e. The fourth-order valence-corrected chi connectivity index (χ4v) is 3.27. The number of halogens is 1. The monoisotopic (exact) mass is 314 g/mol. The molecule has 1 heterocycles. The molecule has 22 heavy (non-hydrogen) atoms. The Morgan fingerprint density at radius 3 is 2.55 bits per heavy atom. The topological polar surface area (TPSA) is 33.2 Å². The summed E-state index contributed by atoms with van der Waals surface area (Å²) in [5, 5.41) is 0.888. The first kappa shape index (κ1) is 14.7. The lowest BCUT2D eigenvalue weighted by Gasteiger charge is -2.23. The Hall–Kier alpha value is -2.27. The van der Waals surface area contributed by atoms with Crippen LogP contribution in [0.25, 0.3) is 10.2 Å². The number of amides is 1. The lowest BCUT2D eigenvalue weighted by Crippen LogP contribution is -2.29. The zero-order valence-corrected chi connectivity index (χ0v) is 13.1. The lowest BCUT2D eigenvalue weighted by molar-refractivity contribution is 0.0742. The molecule has 0 fully saturated rings. The molecule has 0 aliphatic heterocycles. The number of hydrogen-bond donors (Lipinski definition) is 0. The van der Waals surface area contributed by atoms with E-state index in [1.54, 1.807) is 23.3 Å². The van der Waals surface area contributed by atoms with Gasteiger partial charge in [0.05, 0.1) is 16.3 Å². The summed E-state index contributed by atoms with van der Waals surface area (Å²) >= 11 is 1.58. The van der Waals surface area contributed by atoms with Crippen LogP contribution >= 0.6 is 11.3 Å². The quantitative estimate of drug-likeness (QED) is 0.723. The van der Waals surface area contributed by atoms with E-state index in [4.69, 9.17) is 0 Å². The Morgan fingerprint density at radius 1 is 1.18 bits per heavy atom. The van der Waals surface area contributed by atoms with E-state index < -0.39 is 0 Å². The maximum absolute atomic E-state index is 13.0. The van der Waals surface area contributed by atoms with E-state index in [1.807, 2.05) is 31.2 Å². The van der Waals surface area contributed by atoms with Crippen LogP contribution in [0.3, 0.4) is 0 Å². The molecule has 0 saturated heterocycles. The van der Waals surface area contributed by atoms with Gasteiger partial charge in [-0.2, -0.15) is 0 Å². The molecule has 1 unspecified atom stereocenters. The molecule has 0 bridgehead atoms. The van der Waals surface area contributed by atoms with Crippen LogP contribution in [0.4, 0.5) is 4.39 Å². The maximum atomic E-state index is 13.0. The Bertz CT molecular complexity index is 780. The summed E-state index contributed by atoms with van der Waals surface area (Å²) in [6, 6.07) is 13.3. The third-order valence-electron chi connectivity index (χ3n) is 3.66. The minimum atomic E-state index is -0.349. The smallest absolute Gasteiger partial charge is 0.254 e. The Morgan fingerprint density at radius 2 is 1.86 bits per heavy atom. The van der Waals surface area contributed by atoms with E-state index in [0.717, 1.165) is 15.2 Å². The standard InChI is InChI=1S/C17H15FN2OS/c1-11(16-19-14-5-3-4-6-15(14)22-16)20(2)17(21)12-7-9-13(18)10-8-12/h3-11H,1-2H3. The van der Waals surface area contributed by atoms with E-state index in [1.165, 1.54) is 24.3 Å². The molecule has 0 aliphatic rings. The van der Waals surface area contributed by atoms with Crippen molar-refractivity contribution >= 4 is 27.5 Å². The summed E-state index contributed by atoms with van der Waals surface area (Å²) in [5.41, 5.74) is 1.41. The third kappa shape index (κ3) is 2.72. The number of aromatic nitrogens is 1. The Balaban J connectivity index is 1.85. The Labute approximate surface area is 132 Å². The summed E-state index contributed by atoms with van der Waals surface area (Å²) < 4.78 is 14.1. The summed E-state index contributed by atoms with van der Waals surface area (Å²) in [5.74, 6) is -0.495. The highest BCUT2D eigenvalue weighted by atomic mass is 32.1. The van der Waals surface area contributed by atoms with Gasteiger partial charge in [-0.3, -0.25) is 4.79 Å². The SMILES string of the molecule is CC(c1nc2ccccc2s1)N(C)C(=O)c1ccc(F)cc1. The summed E-state index contributed by atoms with van der Waals surface area (Å²) in [6.07, 6.45) is 0. The molecule has 3 rings (SSSR count). The molecule has 2 aromatic carbocycles. The molecule has 0 aliphatic carbocycles. The summed E-state index contributed by atoms with van der Waals surface area (Å²) in [6.45, 7) is 1.94. The molecule has 0 spiro atoms. The summed E-state index contributed by atoms with van der Waals surface area (Å²) in [7, 11) is 1.74. The van der Waals surface area contributed by atoms with Crippen molar-refractivity contribution in [1.82, 2.24) is 9.88 Å². The number of carbonyl (C=O) groups excluding carboxylic acids is 1. The molecular weight excluding hydrogens is 299 g/mol. The third-order valence-corrected chi connectivity index (χ3v) is 4.87.